The molecule has 88 valence electrons. The number of carbonyl (C=O) groups is 1. The van der Waals surface area contributed by atoms with Gasteiger partial charge in [-0.15, -0.1) is 11.8 Å². The van der Waals surface area contributed by atoms with Crippen LogP contribution < -0.4 is 10.6 Å². The second-order valence-corrected chi connectivity index (χ2v) is 5.33. The zero-order valence-corrected chi connectivity index (χ0v) is 10.1. The third-order valence-electron chi connectivity index (χ3n) is 2.29. The summed E-state index contributed by atoms with van der Waals surface area (Å²) in [5.74, 6) is 2.12. The molecule has 0 bridgehead atoms. The van der Waals surface area contributed by atoms with E-state index in [2.05, 4.69) is 24.5 Å². The Morgan fingerprint density at radius 2 is 2.40 bits per heavy atom. The molecule has 1 amide bonds. The Balaban J connectivity index is 2.15. The van der Waals surface area contributed by atoms with Crippen LogP contribution in [0, 0.1) is 5.92 Å². The maximum Gasteiger partial charge on any atom is 0.238 e. The molecule has 2 unspecified atom stereocenters. The monoisotopic (exact) mass is 232 g/mol. The summed E-state index contributed by atoms with van der Waals surface area (Å²) in [6.07, 6.45) is 0.302. The van der Waals surface area contributed by atoms with Crippen LogP contribution in [0.4, 0.5) is 0 Å². The molecule has 0 saturated carbocycles. The molecular weight excluding hydrogens is 212 g/mol. The molecule has 5 heteroatoms. The minimum atomic E-state index is -0.428. The molecule has 1 rings (SSSR count). The minimum Gasteiger partial charge on any atom is -0.391 e. The van der Waals surface area contributed by atoms with Gasteiger partial charge in [0.2, 0.25) is 5.91 Å². The van der Waals surface area contributed by atoms with Crippen molar-refractivity contribution in [2.24, 2.45) is 5.92 Å². The first-order valence-electron chi connectivity index (χ1n) is 5.36. The Hall–Kier alpha value is -0.260. The Morgan fingerprint density at radius 3 is 2.93 bits per heavy atom. The Kier molecular flexibility index (Phi) is 5.42. The standard InChI is InChI=1S/C10H20N2O2S/c1-7(2)3-8(13)4-11-10(14)9-5-15-6-12-9/h7-9,12-13H,3-6H2,1-2H3,(H,11,14). The van der Waals surface area contributed by atoms with Crippen LogP contribution in [0.5, 0.6) is 0 Å². The molecule has 1 aliphatic rings. The summed E-state index contributed by atoms with van der Waals surface area (Å²) in [7, 11) is 0. The molecule has 1 heterocycles. The summed E-state index contributed by atoms with van der Waals surface area (Å²) in [5, 5.41) is 15.4. The van der Waals surface area contributed by atoms with Crippen molar-refractivity contribution in [1.29, 1.82) is 0 Å². The van der Waals surface area contributed by atoms with E-state index in [4.69, 9.17) is 0 Å². The van der Waals surface area contributed by atoms with E-state index in [1.165, 1.54) is 0 Å². The van der Waals surface area contributed by atoms with Crippen molar-refractivity contribution < 1.29 is 9.90 Å². The van der Waals surface area contributed by atoms with Crippen LogP contribution in [-0.4, -0.2) is 41.3 Å². The van der Waals surface area contributed by atoms with Crippen molar-refractivity contribution in [2.75, 3.05) is 18.2 Å². The lowest BCUT2D eigenvalue weighted by Gasteiger charge is -2.15. The summed E-state index contributed by atoms with van der Waals surface area (Å²) in [5.41, 5.74) is 0. The molecule has 3 N–H and O–H groups in total. The summed E-state index contributed by atoms with van der Waals surface area (Å²) < 4.78 is 0. The highest BCUT2D eigenvalue weighted by atomic mass is 32.2. The number of carbonyl (C=O) groups excluding carboxylic acids is 1. The number of nitrogens with one attached hydrogen (secondary N) is 2. The molecule has 1 saturated heterocycles. The maximum absolute atomic E-state index is 11.5. The second kappa shape index (κ2) is 6.35. The zero-order chi connectivity index (χ0) is 11.3. The quantitative estimate of drug-likeness (QED) is 0.632. The summed E-state index contributed by atoms with van der Waals surface area (Å²) in [6.45, 7) is 4.47. The van der Waals surface area contributed by atoms with Crippen LogP contribution in [0.25, 0.3) is 0 Å². The molecular formula is C10H20N2O2S. The van der Waals surface area contributed by atoms with Gasteiger partial charge >= 0.3 is 0 Å². The van der Waals surface area contributed by atoms with E-state index in [1.807, 2.05) is 0 Å². The van der Waals surface area contributed by atoms with E-state index in [-0.39, 0.29) is 11.9 Å². The normalized spacial score (nSPS) is 23.1. The average molecular weight is 232 g/mol. The van der Waals surface area contributed by atoms with E-state index in [1.54, 1.807) is 11.8 Å². The number of aliphatic hydroxyl groups is 1. The fourth-order valence-corrected chi connectivity index (χ4v) is 2.47. The molecule has 0 radical (unpaired) electrons. The number of thioether (sulfide) groups is 1. The molecule has 0 aromatic rings. The number of hydrogen-bond acceptors (Lipinski definition) is 4. The fraction of sp³-hybridized carbons (Fsp3) is 0.900. The molecule has 0 aliphatic carbocycles. The smallest absolute Gasteiger partial charge is 0.238 e. The predicted octanol–water partition coefficient (Wildman–Crippen LogP) is 0.172. The van der Waals surface area contributed by atoms with Crippen LogP contribution >= 0.6 is 11.8 Å². The first kappa shape index (κ1) is 12.8. The molecule has 15 heavy (non-hydrogen) atoms. The fourth-order valence-electron chi connectivity index (χ4n) is 1.53. The Bertz CT molecular complexity index is 206. The Labute approximate surface area is 95.2 Å². The molecule has 0 spiro atoms. The first-order valence-corrected chi connectivity index (χ1v) is 6.52. The first-order chi connectivity index (χ1) is 7.09. The lowest BCUT2D eigenvalue weighted by Crippen LogP contribution is -2.44. The van der Waals surface area contributed by atoms with E-state index in [0.29, 0.717) is 12.5 Å². The summed E-state index contributed by atoms with van der Waals surface area (Å²) in [6, 6.07) is -0.0822. The van der Waals surface area contributed by atoms with E-state index >= 15 is 0 Å². The zero-order valence-electron chi connectivity index (χ0n) is 9.32. The molecule has 1 fully saturated rings. The van der Waals surface area contributed by atoms with Gasteiger partial charge in [0, 0.05) is 18.2 Å². The van der Waals surface area contributed by atoms with Gasteiger partial charge in [-0.2, -0.15) is 0 Å². The molecule has 0 aromatic carbocycles. The molecule has 4 nitrogen and oxygen atoms in total. The number of hydrogen-bond donors (Lipinski definition) is 3. The van der Waals surface area contributed by atoms with Gasteiger partial charge in [-0.3, -0.25) is 10.1 Å². The highest BCUT2D eigenvalue weighted by Crippen LogP contribution is 2.09. The van der Waals surface area contributed by atoms with Crippen LogP contribution in [0.1, 0.15) is 20.3 Å². The van der Waals surface area contributed by atoms with E-state index in [9.17, 15) is 9.90 Å². The van der Waals surface area contributed by atoms with Crippen molar-refractivity contribution in [3.8, 4) is 0 Å². The number of rotatable bonds is 5. The van der Waals surface area contributed by atoms with Crippen LogP contribution in [0.15, 0.2) is 0 Å². The second-order valence-electron chi connectivity index (χ2n) is 4.30. The molecule has 1 aliphatic heterocycles. The Morgan fingerprint density at radius 1 is 1.67 bits per heavy atom. The SMILES string of the molecule is CC(C)CC(O)CNC(=O)C1CSCN1. The predicted molar refractivity (Wildman–Crippen MR) is 62.7 cm³/mol. The number of aliphatic hydroxyl groups excluding tert-OH is 1. The third kappa shape index (κ3) is 4.86. The summed E-state index contributed by atoms with van der Waals surface area (Å²) >= 11 is 1.72. The van der Waals surface area contributed by atoms with Gasteiger partial charge in [0.1, 0.15) is 0 Å². The summed E-state index contributed by atoms with van der Waals surface area (Å²) in [4.78, 5) is 11.5. The largest absolute Gasteiger partial charge is 0.391 e. The van der Waals surface area contributed by atoms with Gasteiger partial charge in [0.15, 0.2) is 0 Å². The highest BCUT2D eigenvalue weighted by molar-refractivity contribution is 7.99. The topological polar surface area (TPSA) is 61.4 Å². The van der Waals surface area contributed by atoms with E-state index < -0.39 is 6.10 Å². The lowest BCUT2D eigenvalue weighted by atomic mass is 10.1. The van der Waals surface area contributed by atoms with Gasteiger partial charge in [0.05, 0.1) is 12.1 Å². The third-order valence-corrected chi connectivity index (χ3v) is 3.23. The maximum atomic E-state index is 11.5. The van der Waals surface area contributed by atoms with Crippen LogP contribution in [0.3, 0.4) is 0 Å². The molecule has 0 aromatic heterocycles. The van der Waals surface area contributed by atoms with Crippen molar-refractivity contribution >= 4 is 17.7 Å². The van der Waals surface area contributed by atoms with Crippen LogP contribution in [-0.2, 0) is 4.79 Å². The van der Waals surface area contributed by atoms with E-state index in [0.717, 1.165) is 18.1 Å². The highest BCUT2D eigenvalue weighted by Gasteiger charge is 2.22. The van der Waals surface area contributed by atoms with Crippen molar-refractivity contribution in [1.82, 2.24) is 10.6 Å². The average Bonchev–Trinajstić information content (AvgIpc) is 2.65. The van der Waals surface area contributed by atoms with Gasteiger partial charge < -0.3 is 10.4 Å². The van der Waals surface area contributed by atoms with Crippen molar-refractivity contribution in [3.05, 3.63) is 0 Å². The minimum absolute atomic E-state index is 0.00260. The van der Waals surface area contributed by atoms with Gasteiger partial charge in [-0.05, 0) is 12.3 Å². The van der Waals surface area contributed by atoms with Crippen molar-refractivity contribution in [3.63, 3.8) is 0 Å². The van der Waals surface area contributed by atoms with Gasteiger partial charge in [0.25, 0.3) is 0 Å². The van der Waals surface area contributed by atoms with Gasteiger partial charge in [-0.1, -0.05) is 13.8 Å². The molecule has 2 atom stereocenters. The van der Waals surface area contributed by atoms with Crippen molar-refractivity contribution in [2.45, 2.75) is 32.4 Å². The number of amides is 1. The van der Waals surface area contributed by atoms with Crippen LogP contribution in [0.2, 0.25) is 0 Å². The lowest BCUT2D eigenvalue weighted by molar-refractivity contribution is -0.122. The van der Waals surface area contributed by atoms with Gasteiger partial charge in [-0.25, -0.2) is 0 Å².